The van der Waals surface area contributed by atoms with Crippen LogP contribution in [0.5, 0.6) is 5.75 Å². The molecule has 0 unspecified atom stereocenters. The largest absolute Gasteiger partial charge is 0.508 e. The van der Waals surface area contributed by atoms with Crippen LogP contribution < -0.4 is 9.80 Å². The molecule has 6 atom stereocenters. The van der Waals surface area contributed by atoms with E-state index >= 15 is 4.79 Å². The lowest BCUT2D eigenvalue weighted by Crippen LogP contribution is -2.53. The highest BCUT2D eigenvalue weighted by Crippen LogP contribution is 2.64. The van der Waals surface area contributed by atoms with Gasteiger partial charge < -0.3 is 5.11 Å². The molecule has 228 valence electrons. The fourth-order valence-electron chi connectivity index (χ4n) is 8.62. The van der Waals surface area contributed by atoms with Gasteiger partial charge in [0.15, 0.2) is 0 Å². The van der Waals surface area contributed by atoms with Crippen LogP contribution in [0, 0.1) is 23.7 Å². The van der Waals surface area contributed by atoms with E-state index in [1.54, 1.807) is 72.8 Å². The molecule has 4 aromatic rings. The van der Waals surface area contributed by atoms with Gasteiger partial charge in [0, 0.05) is 10.9 Å². The summed E-state index contributed by atoms with van der Waals surface area (Å²) in [5, 5.41) is 10.6. The molecule has 2 heterocycles. The lowest BCUT2D eigenvalue weighted by Gasteiger charge is -2.50. The molecule has 3 fully saturated rings. The first-order valence-electron chi connectivity index (χ1n) is 15.4. The summed E-state index contributed by atoms with van der Waals surface area (Å²) in [6.07, 6.45) is 2.60. The predicted octanol–water partition coefficient (Wildman–Crippen LogP) is 6.41. The molecule has 0 radical (unpaired) electrons. The molecule has 2 aliphatic heterocycles. The first-order valence-corrected chi connectivity index (χ1v) is 15.8. The lowest BCUT2D eigenvalue weighted by molar-refractivity contribution is -0.127. The van der Waals surface area contributed by atoms with Crippen LogP contribution in [0.15, 0.2) is 121 Å². The summed E-state index contributed by atoms with van der Waals surface area (Å²) in [5.74, 6) is -4.36. The van der Waals surface area contributed by atoms with Crippen molar-refractivity contribution in [2.45, 2.75) is 24.2 Å². The van der Waals surface area contributed by atoms with Crippen LogP contribution in [0.3, 0.4) is 0 Å². The van der Waals surface area contributed by atoms with E-state index in [1.165, 1.54) is 9.80 Å². The molecule has 4 aliphatic rings. The number of nitrogens with zero attached hydrogens (tertiary/aromatic N) is 2. The van der Waals surface area contributed by atoms with Crippen LogP contribution in [0.4, 0.5) is 11.4 Å². The first kappa shape index (κ1) is 28.5. The Morgan fingerprint density at radius 2 is 1.37 bits per heavy atom. The fraction of sp³-hybridized carbons (Fsp3) is 0.211. The average molecular weight is 629 g/mol. The van der Waals surface area contributed by atoms with Gasteiger partial charge in [-0.2, -0.15) is 0 Å². The molecule has 7 nitrogen and oxygen atoms in total. The molecule has 8 heteroatoms. The van der Waals surface area contributed by atoms with Gasteiger partial charge in [0.25, 0.3) is 0 Å². The van der Waals surface area contributed by atoms with Crippen LogP contribution in [-0.2, 0) is 24.6 Å². The molecule has 0 aromatic heterocycles. The SMILES string of the molecule is O=C1[C@H]2[C@H](CC=C3[C@H]2C[C@H]2C(=O)N(c4cccc(Cl)c4)C(=O)[C@@]2(c2ccccc2)[C@H]3c2ccc(O)cc2)C(=O)N1c1ccccc1. The number of aromatic hydroxyl groups is 1. The van der Waals surface area contributed by atoms with Crippen LogP contribution in [0.2, 0.25) is 5.02 Å². The van der Waals surface area contributed by atoms with Gasteiger partial charge in [-0.3, -0.25) is 24.1 Å². The zero-order valence-electron chi connectivity index (χ0n) is 24.6. The molecule has 8 rings (SSSR count). The second kappa shape index (κ2) is 10.5. The Morgan fingerprint density at radius 1 is 0.696 bits per heavy atom. The van der Waals surface area contributed by atoms with E-state index in [0.29, 0.717) is 28.4 Å². The number of halogens is 1. The third kappa shape index (κ3) is 3.91. The van der Waals surface area contributed by atoms with Crippen molar-refractivity contribution >= 4 is 46.6 Å². The highest BCUT2D eigenvalue weighted by molar-refractivity contribution is 6.32. The number of amides is 4. The van der Waals surface area contributed by atoms with Gasteiger partial charge in [0.1, 0.15) is 5.75 Å². The molecular weight excluding hydrogens is 600 g/mol. The molecule has 46 heavy (non-hydrogen) atoms. The molecule has 4 amide bonds. The van der Waals surface area contributed by atoms with Gasteiger partial charge in [0.2, 0.25) is 23.6 Å². The van der Waals surface area contributed by atoms with Crippen molar-refractivity contribution in [1.29, 1.82) is 0 Å². The van der Waals surface area contributed by atoms with Crippen molar-refractivity contribution in [3.05, 3.63) is 137 Å². The Balaban J connectivity index is 1.35. The smallest absolute Gasteiger partial charge is 0.246 e. The van der Waals surface area contributed by atoms with E-state index in [4.69, 9.17) is 11.6 Å². The summed E-state index contributed by atoms with van der Waals surface area (Å²) in [4.78, 5) is 60.5. The third-order valence-electron chi connectivity index (χ3n) is 10.4. The Kier molecular flexibility index (Phi) is 6.51. The number of allylic oxidation sites excluding steroid dienone is 2. The topological polar surface area (TPSA) is 95.0 Å². The molecule has 4 aromatic carbocycles. The van der Waals surface area contributed by atoms with Crippen molar-refractivity contribution in [1.82, 2.24) is 0 Å². The second-order valence-corrected chi connectivity index (χ2v) is 13.0. The van der Waals surface area contributed by atoms with Crippen molar-refractivity contribution in [2.24, 2.45) is 23.7 Å². The van der Waals surface area contributed by atoms with Gasteiger partial charge in [-0.15, -0.1) is 0 Å². The van der Waals surface area contributed by atoms with Crippen molar-refractivity contribution in [3.8, 4) is 5.75 Å². The lowest BCUT2D eigenvalue weighted by atomic mass is 9.49. The fourth-order valence-corrected chi connectivity index (χ4v) is 8.80. The zero-order chi connectivity index (χ0) is 31.7. The zero-order valence-corrected chi connectivity index (χ0v) is 25.4. The van der Waals surface area contributed by atoms with E-state index in [1.807, 2.05) is 42.5 Å². The number of carbonyl (C=O) groups is 4. The summed E-state index contributed by atoms with van der Waals surface area (Å²) in [6, 6.07) is 31.8. The monoisotopic (exact) mass is 628 g/mol. The number of rotatable bonds is 4. The van der Waals surface area contributed by atoms with Crippen LogP contribution in [0.1, 0.15) is 29.9 Å². The summed E-state index contributed by atoms with van der Waals surface area (Å²) >= 11 is 6.36. The van der Waals surface area contributed by atoms with Crippen molar-refractivity contribution < 1.29 is 24.3 Å². The maximum atomic E-state index is 15.1. The van der Waals surface area contributed by atoms with E-state index < -0.39 is 35.0 Å². The molecule has 1 saturated carbocycles. The van der Waals surface area contributed by atoms with E-state index in [9.17, 15) is 19.5 Å². The number of phenolic OH excluding ortho intramolecular Hbond substituents is 1. The predicted molar refractivity (Wildman–Crippen MR) is 173 cm³/mol. The molecule has 2 aliphatic carbocycles. The summed E-state index contributed by atoms with van der Waals surface area (Å²) in [5.41, 5.74) is 1.87. The quantitative estimate of drug-likeness (QED) is 0.208. The standard InChI is InChI=1S/C38H29ClN2O5/c39-24-10-7-13-26(20-24)41-35(44)31-21-30-28(18-19-29-32(30)36(45)40(34(29)43)25-11-5-2-6-12-25)33(22-14-16-27(42)17-15-22)38(31,37(41)46)23-8-3-1-4-9-23/h1-18,20,29-33,42H,19,21H2/t29-,30+,31-,32-,33-,38+/m0/s1. The van der Waals surface area contributed by atoms with Gasteiger partial charge in [-0.25, -0.2) is 4.90 Å². The average Bonchev–Trinajstić information content (AvgIpc) is 3.46. The number of para-hydroxylation sites is 1. The molecule has 0 spiro atoms. The number of anilines is 2. The minimum Gasteiger partial charge on any atom is -0.508 e. The number of hydrogen-bond donors (Lipinski definition) is 1. The van der Waals surface area contributed by atoms with Crippen LogP contribution in [-0.4, -0.2) is 28.7 Å². The van der Waals surface area contributed by atoms with Gasteiger partial charge in [0.05, 0.1) is 34.5 Å². The summed E-state index contributed by atoms with van der Waals surface area (Å²) in [6.45, 7) is 0. The molecule has 1 N–H and O–H groups in total. The molecule has 0 bridgehead atoms. The number of hydrogen-bond acceptors (Lipinski definition) is 5. The van der Waals surface area contributed by atoms with Gasteiger partial charge in [-0.1, -0.05) is 90.0 Å². The highest BCUT2D eigenvalue weighted by Gasteiger charge is 2.70. The third-order valence-corrected chi connectivity index (χ3v) is 10.6. The normalized spacial score (nSPS) is 28.5. The van der Waals surface area contributed by atoms with Gasteiger partial charge in [-0.05, 0) is 72.4 Å². The van der Waals surface area contributed by atoms with E-state index in [0.717, 1.165) is 11.1 Å². The number of imide groups is 2. The molecular formula is C38H29ClN2O5. The Labute approximate surface area is 270 Å². The maximum Gasteiger partial charge on any atom is 0.246 e. The summed E-state index contributed by atoms with van der Waals surface area (Å²) in [7, 11) is 0. The van der Waals surface area contributed by atoms with E-state index in [-0.39, 0.29) is 35.8 Å². The van der Waals surface area contributed by atoms with Crippen molar-refractivity contribution in [2.75, 3.05) is 9.80 Å². The number of phenols is 1. The highest BCUT2D eigenvalue weighted by atomic mass is 35.5. The Bertz CT molecular complexity index is 1940. The van der Waals surface area contributed by atoms with Crippen LogP contribution in [0.25, 0.3) is 0 Å². The van der Waals surface area contributed by atoms with E-state index in [2.05, 4.69) is 0 Å². The summed E-state index contributed by atoms with van der Waals surface area (Å²) < 4.78 is 0. The van der Waals surface area contributed by atoms with Gasteiger partial charge >= 0.3 is 0 Å². The number of benzene rings is 4. The number of fused-ring (bicyclic) bond motifs is 4. The van der Waals surface area contributed by atoms with Crippen molar-refractivity contribution in [3.63, 3.8) is 0 Å². The minimum atomic E-state index is -1.35. The Hall–Kier alpha value is -5.01. The van der Waals surface area contributed by atoms with Crippen LogP contribution >= 0.6 is 11.6 Å². The Morgan fingerprint density at radius 3 is 2.07 bits per heavy atom. The molecule has 2 saturated heterocycles. The second-order valence-electron chi connectivity index (χ2n) is 12.5. The first-order chi connectivity index (χ1) is 22.3. The number of carbonyl (C=O) groups excluding carboxylic acids is 4. The maximum absolute atomic E-state index is 15.1. The minimum absolute atomic E-state index is 0.0727.